The van der Waals surface area contributed by atoms with E-state index in [1.54, 1.807) is 19.2 Å². The van der Waals surface area contributed by atoms with E-state index in [0.29, 0.717) is 0 Å². The number of aryl methyl sites for hydroxylation is 2. The lowest BCUT2D eigenvalue weighted by Gasteiger charge is -2.09. The molecule has 2 aromatic rings. The maximum atomic E-state index is 12.1. The van der Waals surface area contributed by atoms with Gasteiger partial charge in [-0.05, 0) is 24.1 Å². The van der Waals surface area contributed by atoms with E-state index in [1.165, 1.54) is 23.1 Å². The average molecular weight is 281 g/mol. The Morgan fingerprint density at radius 2 is 2.16 bits per heavy atom. The molecule has 7 heteroatoms. The molecule has 0 aliphatic heterocycles. The van der Waals surface area contributed by atoms with Crippen molar-refractivity contribution in [2.24, 2.45) is 7.05 Å². The summed E-state index contributed by atoms with van der Waals surface area (Å²) in [5.74, 6) is -0.107. The van der Waals surface area contributed by atoms with Crippen LogP contribution in [0.2, 0.25) is 0 Å². The molecule has 0 amide bonds. The summed E-state index contributed by atoms with van der Waals surface area (Å²) >= 11 is 0. The van der Waals surface area contributed by atoms with Gasteiger partial charge in [0.1, 0.15) is 10.6 Å². The largest absolute Gasteiger partial charge is 0.506 e. The Labute approximate surface area is 111 Å². The van der Waals surface area contributed by atoms with Gasteiger partial charge in [-0.15, -0.1) is 0 Å². The lowest BCUT2D eigenvalue weighted by molar-refractivity contribution is 0.477. The molecule has 0 bridgehead atoms. The van der Waals surface area contributed by atoms with Gasteiger partial charge in [0.25, 0.3) is 10.0 Å². The van der Waals surface area contributed by atoms with Crippen LogP contribution in [-0.4, -0.2) is 23.3 Å². The molecule has 1 heterocycles. The summed E-state index contributed by atoms with van der Waals surface area (Å²) in [6.07, 6.45) is 3.40. The molecule has 0 radical (unpaired) electrons. The Balaban J connectivity index is 2.35. The molecule has 0 spiro atoms. The van der Waals surface area contributed by atoms with Crippen molar-refractivity contribution in [3.8, 4) is 5.75 Å². The van der Waals surface area contributed by atoms with Gasteiger partial charge in [0.2, 0.25) is 0 Å². The third-order valence-corrected chi connectivity index (χ3v) is 4.03. The van der Waals surface area contributed by atoms with Crippen LogP contribution in [0.15, 0.2) is 35.5 Å². The summed E-state index contributed by atoms with van der Waals surface area (Å²) in [5, 5.41) is 13.5. The molecule has 2 N–H and O–H groups in total. The van der Waals surface area contributed by atoms with Crippen molar-refractivity contribution in [1.82, 2.24) is 9.78 Å². The highest BCUT2D eigenvalue weighted by molar-refractivity contribution is 7.92. The zero-order valence-corrected chi connectivity index (χ0v) is 11.5. The second-order valence-electron chi connectivity index (χ2n) is 4.16. The van der Waals surface area contributed by atoms with Gasteiger partial charge in [-0.1, -0.05) is 13.0 Å². The monoisotopic (exact) mass is 281 g/mol. The van der Waals surface area contributed by atoms with E-state index in [4.69, 9.17) is 0 Å². The maximum absolute atomic E-state index is 12.1. The molecule has 0 unspecified atom stereocenters. The number of phenols is 1. The smallest absolute Gasteiger partial charge is 0.265 e. The number of anilines is 1. The zero-order chi connectivity index (χ0) is 14.0. The lowest BCUT2D eigenvalue weighted by atomic mass is 10.1. The Hall–Kier alpha value is -2.02. The number of hydrogen-bond donors (Lipinski definition) is 2. The standard InChI is InChI=1S/C12H15N3O3S/c1-3-9-4-5-12(16)11(6-9)14-19(17,18)10-7-13-15(2)8-10/h4-8,14,16H,3H2,1-2H3. The fourth-order valence-corrected chi connectivity index (χ4v) is 2.67. The van der Waals surface area contributed by atoms with E-state index in [1.807, 2.05) is 6.92 Å². The summed E-state index contributed by atoms with van der Waals surface area (Å²) in [5.41, 5.74) is 1.10. The fourth-order valence-electron chi connectivity index (χ4n) is 1.63. The van der Waals surface area contributed by atoms with Crippen LogP contribution in [0.5, 0.6) is 5.75 Å². The number of benzene rings is 1. The topological polar surface area (TPSA) is 84.2 Å². The van der Waals surface area contributed by atoms with E-state index in [2.05, 4.69) is 9.82 Å². The molecule has 0 saturated heterocycles. The number of aromatic hydroxyl groups is 1. The van der Waals surface area contributed by atoms with Crippen molar-refractivity contribution in [3.63, 3.8) is 0 Å². The second kappa shape index (κ2) is 4.93. The van der Waals surface area contributed by atoms with Crippen LogP contribution >= 0.6 is 0 Å². The average Bonchev–Trinajstić information content (AvgIpc) is 2.79. The van der Waals surface area contributed by atoms with Crippen molar-refractivity contribution in [2.75, 3.05) is 4.72 Å². The first-order chi connectivity index (χ1) is 8.92. The first kappa shape index (κ1) is 13.4. The predicted molar refractivity (Wildman–Crippen MR) is 71.5 cm³/mol. The van der Waals surface area contributed by atoms with Gasteiger partial charge in [0, 0.05) is 13.2 Å². The van der Waals surface area contributed by atoms with Crippen molar-refractivity contribution in [3.05, 3.63) is 36.2 Å². The minimum atomic E-state index is -3.73. The molecule has 1 aromatic carbocycles. The summed E-state index contributed by atoms with van der Waals surface area (Å²) in [4.78, 5) is 0.0521. The number of aromatic nitrogens is 2. The van der Waals surface area contributed by atoms with E-state index < -0.39 is 10.0 Å². The minimum Gasteiger partial charge on any atom is -0.506 e. The van der Waals surface area contributed by atoms with Crippen LogP contribution < -0.4 is 4.72 Å². The molecule has 2 rings (SSSR count). The number of hydrogen-bond acceptors (Lipinski definition) is 4. The van der Waals surface area contributed by atoms with E-state index >= 15 is 0 Å². The van der Waals surface area contributed by atoms with Gasteiger partial charge in [-0.3, -0.25) is 9.40 Å². The van der Waals surface area contributed by atoms with Crippen molar-refractivity contribution in [1.29, 1.82) is 0 Å². The van der Waals surface area contributed by atoms with Crippen molar-refractivity contribution < 1.29 is 13.5 Å². The maximum Gasteiger partial charge on any atom is 0.265 e. The summed E-state index contributed by atoms with van der Waals surface area (Å²) in [6, 6.07) is 4.83. The SMILES string of the molecule is CCc1ccc(O)c(NS(=O)(=O)c2cnn(C)c2)c1. The minimum absolute atomic E-state index is 0.0521. The number of phenolic OH excluding ortho intramolecular Hbond substituents is 1. The molecule has 0 fully saturated rings. The van der Waals surface area contributed by atoms with E-state index in [-0.39, 0.29) is 16.3 Å². The van der Waals surface area contributed by atoms with Crippen LogP contribution in [0.25, 0.3) is 0 Å². The highest BCUT2D eigenvalue weighted by Gasteiger charge is 2.17. The molecule has 0 saturated carbocycles. The molecule has 19 heavy (non-hydrogen) atoms. The van der Waals surface area contributed by atoms with Crippen molar-refractivity contribution in [2.45, 2.75) is 18.2 Å². The zero-order valence-electron chi connectivity index (χ0n) is 10.7. The van der Waals surface area contributed by atoms with Crippen LogP contribution in [-0.2, 0) is 23.5 Å². The normalized spacial score (nSPS) is 11.5. The van der Waals surface area contributed by atoms with Crippen LogP contribution in [0.4, 0.5) is 5.69 Å². The van der Waals surface area contributed by atoms with Gasteiger partial charge in [-0.2, -0.15) is 5.10 Å². The molecule has 1 aromatic heterocycles. The van der Waals surface area contributed by atoms with Crippen LogP contribution in [0, 0.1) is 0 Å². The Kier molecular flexibility index (Phi) is 3.48. The Morgan fingerprint density at radius 3 is 2.74 bits per heavy atom. The van der Waals surface area contributed by atoms with E-state index in [9.17, 15) is 13.5 Å². The molecule has 0 aliphatic carbocycles. The molecular formula is C12H15N3O3S. The number of nitrogens with one attached hydrogen (secondary N) is 1. The second-order valence-corrected chi connectivity index (χ2v) is 5.84. The van der Waals surface area contributed by atoms with Crippen LogP contribution in [0.1, 0.15) is 12.5 Å². The highest BCUT2D eigenvalue weighted by Crippen LogP contribution is 2.27. The first-order valence-electron chi connectivity index (χ1n) is 5.75. The van der Waals surface area contributed by atoms with Gasteiger partial charge < -0.3 is 5.11 Å². The molecule has 6 nitrogen and oxygen atoms in total. The molecule has 0 aliphatic rings. The quantitative estimate of drug-likeness (QED) is 0.832. The number of rotatable bonds is 4. The third-order valence-electron chi connectivity index (χ3n) is 2.71. The van der Waals surface area contributed by atoms with Gasteiger partial charge in [-0.25, -0.2) is 8.42 Å². The summed E-state index contributed by atoms with van der Waals surface area (Å²) < 4.78 is 27.9. The number of sulfonamides is 1. The Morgan fingerprint density at radius 1 is 1.42 bits per heavy atom. The summed E-state index contributed by atoms with van der Waals surface area (Å²) in [7, 11) is -2.10. The lowest BCUT2D eigenvalue weighted by Crippen LogP contribution is -2.12. The Bertz CT molecular complexity index is 692. The molecule has 0 atom stereocenters. The van der Waals surface area contributed by atoms with Crippen LogP contribution in [0.3, 0.4) is 0 Å². The van der Waals surface area contributed by atoms with Gasteiger partial charge in [0.15, 0.2) is 0 Å². The first-order valence-corrected chi connectivity index (χ1v) is 7.24. The third kappa shape index (κ3) is 2.87. The van der Waals surface area contributed by atoms with Gasteiger partial charge in [0.05, 0.1) is 11.9 Å². The van der Waals surface area contributed by atoms with Gasteiger partial charge >= 0.3 is 0 Å². The van der Waals surface area contributed by atoms with Crippen molar-refractivity contribution >= 4 is 15.7 Å². The highest BCUT2D eigenvalue weighted by atomic mass is 32.2. The number of nitrogens with zero attached hydrogens (tertiary/aromatic N) is 2. The predicted octanol–water partition coefficient (Wildman–Crippen LogP) is 1.49. The fraction of sp³-hybridized carbons (Fsp3) is 0.250. The summed E-state index contributed by atoms with van der Waals surface area (Å²) in [6.45, 7) is 1.95. The molecule has 102 valence electrons. The van der Waals surface area contributed by atoms with E-state index in [0.717, 1.165) is 12.0 Å². The molecular weight excluding hydrogens is 266 g/mol.